The molecule has 0 aliphatic carbocycles. The van der Waals surface area contributed by atoms with Gasteiger partial charge in [-0.05, 0) is 43.3 Å². The van der Waals surface area contributed by atoms with Crippen LogP contribution in [0.5, 0.6) is 0 Å². The van der Waals surface area contributed by atoms with Gasteiger partial charge < -0.3 is 15.1 Å². The van der Waals surface area contributed by atoms with E-state index in [0.29, 0.717) is 11.4 Å². The zero-order chi connectivity index (χ0) is 22.4. The Morgan fingerprint density at radius 3 is 2.35 bits per heavy atom. The predicted molar refractivity (Wildman–Crippen MR) is 118 cm³/mol. The lowest BCUT2D eigenvalue weighted by atomic mass is 10.1. The van der Waals surface area contributed by atoms with Gasteiger partial charge in [-0.2, -0.15) is 0 Å². The molecule has 8 nitrogen and oxygen atoms in total. The molecule has 0 spiro atoms. The van der Waals surface area contributed by atoms with E-state index < -0.39 is 28.4 Å². The van der Waals surface area contributed by atoms with Crippen molar-refractivity contribution in [3.8, 4) is 0 Å². The number of aryl methyl sites for hydroxylation is 1. The molecule has 0 aliphatic heterocycles. The lowest BCUT2D eigenvalue weighted by Crippen LogP contribution is -2.37. The van der Waals surface area contributed by atoms with Crippen LogP contribution in [0.25, 0.3) is 0 Å². The van der Waals surface area contributed by atoms with Crippen molar-refractivity contribution >= 4 is 33.2 Å². The van der Waals surface area contributed by atoms with Crippen LogP contribution in [0.15, 0.2) is 71.3 Å². The van der Waals surface area contributed by atoms with Gasteiger partial charge in [0.05, 0.1) is 36.0 Å². The van der Waals surface area contributed by atoms with Crippen molar-refractivity contribution in [1.82, 2.24) is 5.32 Å². The maximum absolute atomic E-state index is 12.7. The summed E-state index contributed by atoms with van der Waals surface area (Å²) >= 11 is 0. The average Bonchev–Trinajstić information content (AvgIpc) is 3.24. The van der Waals surface area contributed by atoms with Gasteiger partial charge in [0.2, 0.25) is 15.9 Å². The van der Waals surface area contributed by atoms with Crippen LogP contribution >= 0.6 is 0 Å². The molecule has 2 N–H and O–H groups in total. The molecule has 1 heterocycles. The van der Waals surface area contributed by atoms with Crippen molar-refractivity contribution in [3.63, 3.8) is 0 Å². The van der Waals surface area contributed by atoms with Gasteiger partial charge in [0.25, 0.3) is 5.91 Å². The normalized spacial score (nSPS) is 11.0. The predicted octanol–water partition coefficient (Wildman–Crippen LogP) is 2.92. The van der Waals surface area contributed by atoms with Gasteiger partial charge in [0, 0.05) is 0 Å². The number of sulfonamides is 1. The first kappa shape index (κ1) is 22.1. The smallest absolute Gasteiger partial charge is 0.253 e. The van der Waals surface area contributed by atoms with E-state index in [0.717, 1.165) is 16.1 Å². The second-order valence-electron chi connectivity index (χ2n) is 6.96. The summed E-state index contributed by atoms with van der Waals surface area (Å²) in [5.41, 5.74) is 1.88. The zero-order valence-corrected chi connectivity index (χ0v) is 18.0. The third kappa shape index (κ3) is 5.95. The molecule has 0 atom stereocenters. The van der Waals surface area contributed by atoms with Gasteiger partial charge in [-0.3, -0.25) is 13.9 Å². The van der Waals surface area contributed by atoms with Crippen molar-refractivity contribution in [3.05, 3.63) is 83.8 Å². The largest absolute Gasteiger partial charge is 0.467 e. The first-order valence-electron chi connectivity index (χ1n) is 9.48. The fraction of sp³-hybridized carbons (Fsp3) is 0.182. The Morgan fingerprint density at radius 1 is 1.00 bits per heavy atom. The van der Waals surface area contributed by atoms with Crippen LogP contribution in [0, 0.1) is 6.92 Å². The molecule has 0 bridgehead atoms. The van der Waals surface area contributed by atoms with Crippen LogP contribution in [-0.4, -0.2) is 33.0 Å². The summed E-state index contributed by atoms with van der Waals surface area (Å²) in [4.78, 5) is 25.2. The Hall–Kier alpha value is -3.59. The molecule has 9 heteroatoms. The minimum Gasteiger partial charge on any atom is -0.467 e. The zero-order valence-electron chi connectivity index (χ0n) is 17.2. The van der Waals surface area contributed by atoms with Crippen LogP contribution in [0.4, 0.5) is 11.4 Å². The summed E-state index contributed by atoms with van der Waals surface area (Å²) in [7, 11) is -3.70. The maximum atomic E-state index is 12.7. The van der Waals surface area contributed by atoms with Gasteiger partial charge >= 0.3 is 0 Å². The first-order valence-corrected chi connectivity index (χ1v) is 11.3. The lowest BCUT2D eigenvalue weighted by Gasteiger charge is -2.22. The minimum absolute atomic E-state index is 0.198. The quantitative estimate of drug-likeness (QED) is 0.559. The maximum Gasteiger partial charge on any atom is 0.253 e. The monoisotopic (exact) mass is 441 g/mol. The Bertz CT molecular complexity index is 1160. The molecular formula is C22H23N3O5S. The van der Waals surface area contributed by atoms with Gasteiger partial charge in [0.15, 0.2) is 0 Å². The average molecular weight is 442 g/mol. The molecule has 31 heavy (non-hydrogen) atoms. The fourth-order valence-corrected chi connectivity index (χ4v) is 3.75. The molecule has 1 aromatic heterocycles. The Morgan fingerprint density at radius 2 is 1.71 bits per heavy atom. The molecule has 0 saturated carbocycles. The highest BCUT2D eigenvalue weighted by Gasteiger charge is 2.22. The molecule has 0 aliphatic rings. The Labute approximate surface area is 180 Å². The van der Waals surface area contributed by atoms with Crippen molar-refractivity contribution in [2.24, 2.45) is 0 Å². The van der Waals surface area contributed by atoms with Gasteiger partial charge in [-0.15, -0.1) is 0 Å². The minimum atomic E-state index is -3.70. The highest BCUT2D eigenvalue weighted by atomic mass is 32.2. The third-order valence-corrected chi connectivity index (χ3v) is 5.60. The molecule has 2 amide bonds. The number of hydrogen-bond acceptors (Lipinski definition) is 5. The molecule has 0 saturated heterocycles. The molecule has 3 aromatic rings. The number of para-hydroxylation sites is 1. The first-order chi connectivity index (χ1) is 14.7. The highest BCUT2D eigenvalue weighted by Crippen LogP contribution is 2.19. The van der Waals surface area contributed by atoms with E-state index >= 15 is 0 Å². The Kier molecular flexibility index (Phi) is 6.76. The van der Waals surface area contributed by atoms with Crippen molar-refractivity contribution in [2.45, 2.75) is 13.5 Å². The topological polar surface area (TPSA) is 109 Å². The number of hydrogen-bond donors (Lipinski definition) is 2. The van der Waals surface area contributed by atoms with Crippen LogP contribution in [0.1, 0.15) is 21.7 Å². The summed E-state index contributed by atoms with van der Waals surface area (Å²) in [6, 6.07) is 16.8. The molecule has 0 radical (unpaired) electrons. The van der Waals surface area contributed by atoms with Gasteiger partial charge in [0.1, 0.15) is 12.3 Å². The molecule has 2 aromatic carbocycles. The van der Waals surface area contributed by atoms with Gasteiger partial charge in [-0.1, -0.05) is 29.8 Å². The summed E-state index contributed by atoms with van der Waals surface area (Å²) in [6.07, 6.45) is 2.55. The number of carbonyl (C=O) groups excluding carboxylic acids is 2. The number of nitrogens with one attached hydrogen (secondary N) is 2. The van der Waals surface area contributed by atoms with E-state index in [1.54, 1.807) is 60.7 Å². The van der Waals surface area contributed by atoms with E-state index in [2.05, 4.69) is 10.6 Å². The van der Waals surface area contributed by atoms with Crippen LogP contribution in [-0.2, 0) is 21.4 Å². The number of rotatable bonds is 8. The number of nitrogens with zero attached hydrogens (tertiary/aromatic N) is 1. The second kappa shape index (κ2) is 9.48. The molecule has 0 fully saturated rings. The van der Waals surface area contributed by atoms with Crippen LogP contribution in [0.3, 0.4) is 0 Å². The van der Waals surface area contributed by atoms with E-state index in [4.69, 9.17) is 4.42 Å². The summed E-state index contributed by atoms with van der Waals surface area (Å²) in [5, 5.41) is 5.36. The molecule has 0 unspecified atom stereocenters. The van der Waals surface area contributed by atoms with Crippen molar-refractivity contribution < 1.29 is 22.4 Å². The number of carbonyl (C=O) groups is 2. The number of anilines is 2. The lowest BCUT2D eigenvalue weighted by molar-refractivity contribution is -0.114. The second-order valence-corrected chi connectivity index (χ2v) is 8.87. The number of furan rings is 1. The fourth-order valence-electron chi connectivity index (χ4n) is 2.90. The number of benzene rings is 2. The van der Waals surface area contributed by atoms with Crippen molar-refractivity contribution in [1.29, 1.82) is 0 Å². The van der Waals surface area contributed by atoms with Gasteiger partial charge in [-0.25, -0.2) is 8.42 Å². The molecule has 3 rings (SSSR count). The Balaban J connectivity index is 1.73. The van der Waals surface area contributed by atoms with Crippen LogP contribution < -0.4 is 14.9 Å². The van der Waals surface area contributed by atoms with Crippen LogP contribution in [0.2, 0.25) is 0 Å². The van der Waals surface area contributed by atoms with Crippen molar-refractivity contribution in [2.75, 3.05) is 22.4 Å². The molecular weight excluding hydrogens is 418 g/mol. The molecule has 162 valence electrons. The summed E-state index contributed by atoms with van der Waals surface area (Å²) < 4.78 is 30.7. The third-order valence-electron chi connectivity index (χ3n) is 4.46. The standard InChI is InChI=1S/C22H23N3O5S/c1-16-9-11-17(12-10-16)25(31(2,28)29)15-21(26)24-20-8-4-3-7-19(20)22(27)23-14-18-6-5-13-30-18/h3-13H,14-15H2,1-2H3,(H,23,27)(H,24,26). The number of amides is 2. The van der Waals surface area contributed by atoms with E-state index in [1.807, 2.05) is 6.92 Å². The highest BCUT2D eigenvalue weighted by molar-refractivity contribution is 7.92. The SMILES string of the molecule is Cc1ccc(N(CC(=O)Nc2ccccc2C(=O)NCc2ccco2)S(C)(=O)=O)cc1. The van der Waals surface area contributed by atoms with E-state index in [9.17, 15) is 18.0 Å². The summed E-state index contributed by atoms with van der Waals surface area (Å²) in [6.45, 7) is 1.66. The van der Waals surface area contributed by atoms with E-state index in [1.165, 1.54) is 6.26 Å². The van der Waals surface area contributed by atoms with E-state index in [-0.39, 0.29) is 17.8 Å². The summed E-state index contributed by atoms with van der Waals surface area (Å²) in [5.74, 6) is -0.375.